The average molecular weight is 415 g/mol. The Kier molecular flexibility index (Phi) is 5.65. The predicted molar refractivity (Wildman–Crippen MR) is 112 cm³/mol. The van der Waals surface area contributed by atoms with Crippen LogP contribution in [0.15, 0.2) is 41.9 Å². The largest absolute Gasteiger partial charge is 0.338 e. The Morgan fingerprint density at radius 3 is 2.75 bits per heavy atom. The summed E-state index contributed by atoms with van der Waals surface area (Å²) in [7, 11) is 0. The molecule has 1 N–H and O–H groups in total. The maximum Gasteiger partial charge on any atom is 0.245 e. The lowest BCUT2D eigenvalue weighted by molar-refractivity contribution is -0.136. The van der Waals surface area contributed by atoms with Crippen molar-refractivity contribution < 1.29 is 4.79 Å². The monoisotopic (exact) mass is 414 g/mol. The van der Waals surface area contributed by atoms with Crippen LogP contribution in [0.5, 0.6) is 0 Å². The van der Waals surface area contributed by atoms with Gasteiger partial charge < -0.3 is 4.90 Å². The van der Waals surface area contributed by atoms with E-state index in [1.54, 1.807) is 11.3 Å². The lowest BCUT2D eigenvalue weighted by Crippen LogP contribution is -2.50. The third-order valence-electron chi connectivity index (χ3n) is 4.99. The third kappa shape index (κ3) is 3.91. The van der Waals surface area contributed by atoms with E-state index in [1.165, 1.54) is 0 Å². The van der Waals surface area contributed by atoms with Crippen molar-refractivity contribution in [3.63, 3.8) is 0 Å². The summed E-state index contributed by atoms with van der Waals surface area (Å²) in [6.45, 7) is 5.79. The van der Waals surface area contributed by atoms with Crippen LogP contribution in [-0.2, 0) is 11.3 Å². The fourth-order valence-corrected chi connectivity index (χ4v) is 4.47. The van der Waals surface area contributed by atoms with Crippen molar-refractivity contribution in [2.45, 2.75) is 19.5 Å². The SMILES string of the molecule is CC(C(=O)N1CCN(Cc2ccccn2)CC1)n1c(-c2cccs2)n[nH]c1=S. The van der Waals surface area contributed by atoms with Crippen molar-refractivity contribution in [3.8, 4) is 10.7 Å². The second-order valence-corrected chi connectivity index (χ2v) is 8.13. The molecule has 1 unspecified atom stereocenters. The minimum absolute atomic E-state index is 0.0767. The van der Waals surface area contributed by atoms with E-state index in [0.717, 1.165) is 36.0 Å². The lowest BCUT2D eigenvalue weighted by atomic mass is 10.2. The van der Waals surface area contributed by atoms with E-state index in [9.17, 15) is 4.79 Å². The molecule has 0 aromatic carbocycles. The van der Waals surface area contributed by atoms with Crippen LogP contribution in [0.3, 0.4) is 0 Å². The zero-order valence-electron chi connectivity index (χ0n) is 15.6. The minimum atomic E-state index is -0.398. The lowest BCUT2D eigenvalue weighted by Gasteiger charge is -2.36. The number of carbonyl (C=O) groups excluding carboxylic acids is 1. The number of pyridine rings is 1. The number of hydrogen-bond donors (Lipinski definition) is 1. The normalized spacial score (nSPS) is 16.2. The van der Waals surface area contributed by atoms with Crippen LogP contribution >= 0.6 is 23.6 Å². The Bertz CT molecular complexity index is 974. The number of piperazine rings is 1. The van der Waals surface area contributed by atoms with Gasteiger partial charge in [-0.05, 0) is 42.7 Å². The molecule has 3 aromatic heterocycles. The van der Waals surface area contributed by atoms with Gasteiger partial charge in [-0.15, -0.1) is 11.3 Å². The van der Waals surface area contributed by atoms with Gasteiger partial charge in [-0.3, -0.25) is 24.3 Å². The summed E-state index contributed by atoms with van der Waals surface area (Å²) in [5.74, 6) is 0.794. The molecule has 4 rings (SSSR count). The predicted octanol–water partition coefficient (Wildman–Crippen LogP) is 2.97. The van der Waals surface area contributed by atoms with Crippen molar-refractivity contribution in [2.75, 3.05) is 26.2 Å². The molecule has 0 aliphatic carbocycles. The molecule has 1 aliphatic rings. The zero-order valence-corrected chi connectivity index (χ0v) is 17.2. The summed E-state index contributed by atoms with van der Waals surface area (Å²) in [6.07, 6.45) is 1.82. The number of aromatic amines is 1. The van der Waals surface area contributed by atoms with Crippen molar-refractivity contribution in [1.29, 1.82) is 0 Å². The quantitative estimate of drug-likeness (QED) is 0.650. The fourth-order valence-electron chi connectivity index (χ4n) is 3.47. The molecule has 0 saturated carbocycles. The second kappa shape index (κ2) is 8.34. The highest BCUT2D eigenvalue weighted by Crippen LogP contribution is 2.26. The van der Waals surface area contributed by atoms with Gasteiger partial charge in [-0.2, -0.15) is 5.10 Å². The Hall–Kier alpha value is -2.36. The number of amides is 1. The number of rotatable bonds is 5. The number of aromatic nitrogens is 4. The molecular weight excluding hydrogens is 392 g/mol. The van der Waals surface area contributed by atoms with E-state index < -0.39 is 6.04 Å². The molecule has 1 aliphatic heterocycles. The molecule has 146 valence electrons. The first-order valence-corrected chi connectivity index (χ1v) is 10.5. The minimum Gasteiger partial charge on any atom is -0.338 e. The summed E-state index contributed by atoms with van der Waals surface area (Å²) in [4.78, 5) is 22.8. The number of H-pyrrole nitrogens is 1. The summed E-state index contributed by atoms with van der Waals surface area (Å²) in [6, 6.07) is 9.52. The van der Waals surface area contributed by atoms with E-state index in [4.69, 9.17) is 12.2 Å². The van der Waals surface area contributed by atoms with Crippen LogP contribution < -0.4 is 0 Å². The topological polar surface area (TPSA) is 70.1 Å². The smallest absolute Gasteiger partial charge is 0.245 e. The third-order valence-corrected chi connectivity index (χ3v) is 6.14. The number of thiophene rings is 1. The number of carbonyl (C=O) groups is 1. The van der Waals surface area contributed by atoms with E-state index in [1.807, 2.05) is 58.3 Å². The summed E-state index contributed by atoms with van der Waals surface area (Å²) in [5.41, 5.74) is 1.06. The van der Waals surface area contributed by atoms with Crippen LogP contribution in [0.2, 0.25) is 0 Å². The van der Waals surface area contributed by atoms with Gasteiger partial charge in [0.25, 0.3) is 0 Å². The molecule has 0 bridgehead atoms. The molecule has 4 heterocycles. The Balaban J connectivity index is 1.42. The highest BCUT2D eigenvalue weighted by atomic mass is 32.1. The number of nitrogens with one attached hydrogen (secondary N) is 1. The first-order valence-electron chi connectivity index (χ1n) is 9.25. The molecule has 1 atom stereocenters. The maximum absolute atomic E-state index is 13.1. The Labute approximate surface area is 172 Å². The van der Waals surface area contributed by atoms with Gasteiger partial charge in [0.05, 0.1) is 10.6 Å². The second-order valence-electron chi connectivity index (χ2n) is 6.80. The van der Waals surface area contributed by atoms with Gasteiger partial charge in [-0.25, -0.2) is 0 Å². The standard InChI is InChI=1S/C19H22N6OS2/c1-14(25-17(21-22-19(25)27)16-6-4-12-28-16)18(26)24-10-8-23(9-11-24)13-15-5-2-3-7-20-15/h2-7,12,14H,8-11,13H2,1H3,(H,22,27). The molecule has 0 radical (unpaired) electrons. The van der Waals surface area contributed by atoms with Crippen molar-refractivity contribution in [2.24, 2.45) is 0 Å². The van der Waals surface area contributed by atoms with Gasteiger partial charge >= 0.3 is 0 Å². The first kappa shape index (κ1) is 19.0. The zero-order chi connectivity index (χ0) is 19.5. The van der Waals surface area contributed by atoms with E-state index >= 15 is 0 Å². The van der Waals surface area contributed by atoms with Crippen molar-refractivity contribution >= 4 is 29.5 Å². The Morgan fingerprint density at radius 1 is 1.25 bits per heavy atom. The molecular formula is C19H22N6OS2. The highest BCUT2D eigenvalue weighted by molar-refractivity contribution is 7.71. The van der Waals surface area contributed by atoms with Crippen molar-refractivity contribution in [1.82, 2.24) is 29.5 Å². The van der Waals surface area contributed by atoms with Gasteiger partial charge in [0.2, 0.25) is 5.91 Å². The van der Waals surface area contributed by atoms with Crippen LogP contribution in [0.25, 0.3) is 10.7 Å². The van der Waals surface area contributed by atoms with Gasteiger partial charge in [-0.1, -0.05) is 12.1 Å². The van der Waals surface area contributed by atoms with Crippen LogP contribution in [0.1, 0.15) is 18.7 Å². The van der Waals surface area contributed by atoms with E-state index in [2.05, 4.69) is 20.1 Å². The van der Waals surface area contributed by atoms with Crippen molar-refractivity contribution in [3.05, 3.63) is 52.4 Å². The first-order chi connectivity index (χ1) is 13.6. The average Bonchev–Trinajstić information content (AvgIpc) is 3.38. The van der Waals surface area contributed by atoms with E-state index in [-0.39, 0.29) is 5.91 Å². The highest BCUT2D eigenvalue weighted by Gasteiger charge is 2.28. The van der Waals surface area contributed by atoms with Crippen LogP contribution in [0.4, 0.5) is 0 Å². The molecule has 3 aromatic rings. The molecule has 9 heteroatoms. The Morgan fingerprint density at radius 2 is 2.07 bits per heavy atom. The molecule has 1 fully saturated rings. The fraction of sp³-hybridized carbons (Fsp3) is 0.368. The molecule has 28 heavy (non-hydrogen) atoms. The van der Waals surface area contributed by atoms with Gasteiger partial charge in [0.1, 0.15) is 6.04 Å². The summed E-state index contributed by atoms with van der Waals surface area (Å²) < 4.78 is 2.29. The number of hydrogen-bond acceptors (Lipinski definition) is 6. The molecule has 0 spiro atoms. The van der Waals surface area contributed by atoms with Gasteiger partial charge in [0, 0.05) is 38.9 Å². The summed E-state index contributed by atoms with van der Waals surface area (Å²) in [5, 5.41) is 9.16. The van der Waals surface area contributed by atoms with Gasteiger partial charge in [0.15, 0.2) is 10.6 Å². The summed E-state index contributed by atoms with van der Waals surface area (Å²) >= 11 is 6.98. The molecule has 7 nitrogen and oxygen atoms in total. The number of nitrogens with zero attached hydrogens (tertiary/aromatic N) is 5. The molecule has 1 amide bonds. The van der Waals surface area contributed by atoms with Crippen LogP contribution in [-0.4, -0.2) is 61.6 Å². The van der Waals surface area contributed by atoms with Crippen LogP contribution in [0, 0.1) is 4.77 Å². The van der Waals surface area contributed by atoms with E-state index in [0.29, 0.717) is 17.9 Å². The molecule has 1 saturated heterocycles. The maximum atomic E-state index is 13.1.